The fourth-order valence-corrected chi connectivity index (χ4v) is 3.44. The standard InChI is InChI=1S/C15H24N4O2S.ClH/c1-15(4-6-17-7-5-15)10-18-13(20)9-11(19-14(16)21)12-3-2-8-22-12;/h2-3,8,11,17H,4-7,9-10H2,1H3,(H,18,20)(H3,16,19,21);1H. The molecule has 1 aromatic rings. The molecule has 0 bridgehead atoms. The van der Waals surface area contributed by atoms with Crippen molar-refractivity contribution in [2.75, 3.05) is 19.6 Å². The second-order valence-electron chi connectivity index (χ2n) is 6.12. The Morgan fingerprint density at radius 3 is 2.70 bits per heavy atom. The van der Waals surface area contributed by atoms with Crippen LogP contribution >= 0.6 is 23.7 Å². The molecular weight excluding hydrogens is 336 g/mol. The fraction of sp³-hybridized carbons (Fsp3) is 0.600. The predicted molar refractivity (Wildman–Crippen MR) is 94.9 cm³/mol. The summed E-state index contributed by atoms with van der Waals surface area (Å²) in [6.45, 7) is 4.86. The van der Waals surface area contributed by atoms with Gasteiger partial charge in [0.15, 0.2) is 0 Å². The minimum atomic E-state index is -0.614. The van der Waals surface area contributed by atoms with Gasteiger partial charge < -0.3 is 21.7 Å². The first-order valence-corrected chi connectivity index (χ1v) is 8.43. The quantitative estimate of drug-likeness (QED) is 0.622. The van der Waals surface area contributed by atoms with Crippen molar-refractivity contribution < 1.29 is 9.59 Å². The van der Waals surface area contributed by atoms with E-state index in [9.17, 15) is 9.59 Å². The van der Waals surface area contributed by atoms with Crippen LogP contribution in [0.4, 0.5) is 4.79 Å². The van der Waals surface area contributed by atoms with Gasteiger partial charge in [-0.1, -0.05) is 13.0 Å². The predicted octanol–water partition coefficient (Wildman–Crippen LogP) is 1.78. The van der Waals surface area contributed by atoms with Crippen LogP contribution in [-0.4, -0.2) is 31.6 Å². The molecule has 23 heavy (non-hydrogen) atoms. The Hall–Kier alpha value is -1.31. The number of thiophene rings is 1. The first-order chi connectivity index (χ1) is 10.5. The van der Waals surface area contributed by atoms with Crippen molar-refractivity contribution >= 4 is 35.7 Å². The maximum Gasteiger partial charge on any atom is 0.312 e. The largest absolute Gasteiger partial charge is 0.355 e. The van der Waals surface area contributed by atoms with Gasteiger partial charge in [-0.2, -0.15) is 0 Å². The number of carbonyl (C=O) groups is 2. The Bertz CT molecular complexity index is 504. The summed E-state index contributed by atoms with van der Waals surface area (Å²) in [7, 11) is 0. The average molecular weight is 361 g/mol. The highest BCUT2D eigenvalue weighted by molar-refractivity contribution is 7.10. The van der Waals surface area contributed by atoms with E-state index in [1.54, 1.807) is 0 Å². The molecule has 0 radical (unpaired) electrons. The Morgan fingerprint density at radius 1 is 1.43 bits per heavy atom. The summed E-state index contributed by atoms with van der Waals surface area (Å²) in [5.41, 5.74) is 5.35. The van der Waals surface area contributed by atoms with Gasteiger partial charge in [0.05, 0.1) is 12.5 Å². The van der Waals surface area contributed by atoms with E-state index < -0.39 is 6.03 Å². The molecule has 2 rings (SSSR count). The lowest BCUT2D eigenvalue weighted by Crippen LogP contribution is -2.44. The molecule has 0 aromatic carbocycles. The number of nitrogens with one attached hydrogen (secondary N) is 3. The third kappa shape index (κ3) is 6.37. The molecule has 6 nitrogen and oxygen atoms in total. The molecule has 1 aromatic heterocycles. The van der Waals surface area contributed by atoms with Gasteiger partial charge in [0, 0.05) is 11.4 Å². The first kappa shape index (κ1) is 19.7. The van der Waals surface area contributed by atoms with Crippen molar-refractivity contribution in [3.8, 4) is 0 Å². The number of urea groups is 1. The van der Waals surface area contributed by atoms with Crippen molar-refractivity contribution in [3.63, 3.8) is 0 Å². The van der Waals surface area contributed by atoms with Gasteiger partial charge in [-0.05, 0) is 42.8 Å². The van der Waals surface area contributed by atoms with Crippen LogP contribution in [0.1, 0.15) is 37.1 Å². The van der Waals surface area contributed by atoms with Gasteiger partial charge in [0.25, 0.3) is 0 Å². The summed E-state index contributed by atoms with van der Waals surface area (Å²) in [5.74, 6) is -0.0630. The zero-order valence-electron chi connectivity index (χ0n) is 13.3. The smallest absolute Gasteiger partial charge is 0.312 e. The molecule has 2 heterocycles. The molecule has 1 unspecified atom stereocenters. The number of rotatable bonds is 6. The van der Waals surface area contributed by atoms with Crippen molar-refractivity contribution in [2.24, 2.45) is 11.1 Å². The summed E-state index contributed by atoms with van der Waals surface area (Å²) >= 11 is 1.50. The van der Waals surface area contributed by atoms with Crippen LogP contribution in [0.25, 0.3) is 0 Å². The average Bonchev–Trinajstić information content (AvgIpc) is 2.99. The molecule has 5 N–H and O–H groups in total. The van der Waals surface area contributed by atoms with Crippen LogP contribution in [0.5, 0.6) is 0 Å². The van der Waals surface area contributed by atoms with E-state index in [0.717, 1.165) is 30.8 Å². The number of carbonyl (C=O) groups excluding carboxylic acids is 2. The molecule has 0 saturated carbocycles. The molecule has 1 fully saturated rings. The first-order valence-electron chi connectivity index (χ1n) is 7.55. The second-order valence-corrected chi connectivity index (χ2v) is 7.10. The van der Waals surface area contributed by atoms with Crippen molar-refractivity contribution in [3.05, 3.63) is 22.4 Å². The highest BCUT2D eigenvalue weighted by Crippen LogP contribution is 2.27. The number of primary amides is 1. The third-order valence-electron chi connectivity index (χ3n) is 4.12. The Labute approximate surface area is 147 Å². The van der Waals surface area contributed by atoms with E-state index in [-0.39, 0.29) is 36.2 Å². The Balaban J connectivity index is 0.00000264. The molecule has 3 amide bonds. The van der Waals surface area contributed by atoms with E-state index in [1.807, 2.05) is 17.5 Å². The number of piperidine rings is 1. The maximum absolute atomic E-state index is 12.2. The van der Waals surface area contributed by atoms with Crippen LogP contribution in [-0.2, 0) is 4.79 Å². The summed E-state index contributed by atoms with van der Waals surface area (Å²) in [6.07, 6.45) is 2.32. The molecule has 0 spiro atoms. The number of halogens is 1. The zero-order valence-corrected chi connectivity index (χ0v) is 14.9. The number of hydrogen-bond acceptors (Lipinski definition) is 4. The molecule has 8 heteroatoms. The van der Waals surface area contributed by atoms with Gasteiger partial charge in [-0.3, -0.25) is 4.79 Å². The van der Waals surface area contributed by atoms with Crippen molar-refractivity contribution in [2.45, 2.75) is 32.2 Å². The van der Waals surface area contributed by atoms with E-state index in [4.69, 9.17) is 5.73 Å². The third-order valence-corrected chi connectivity index (χ3v) is 5.10. The lowest BCUT2D eigenvalue weighted by Gasteiger charge is -2.34. The minimum absolute atomic E-state index is 0. The molecule has 0 aliphatic carbocycles. The summed E-state index contributed by atoms with van der Waals surface area (Å²) in [4.78, 5) is 24.3. The number of hydrogen-bond donors (Lipinski definition) is 4. The minimum Gasteiger partial charge on any atom is -0.355 e. The molecule has 1 saturated heterocycles. The Kier molecular flexibility index (Phi) is 7.81. The lowest BCUT2D eigenvalue weighted by molar-refractivity contribution is -0.122. The summed E-state index contributed by atoms with van der Waals surface area (Å²) in [5, 5.41) is 10.9. The van der Waals surface area contributed by atoms with Crippen molar-refractivity contribution in [1.82, 2.24) is 16.0 Å². The summed E-state index contributed by atoms with van der Waals surface area (Å²) < 4.78 is 0. The zero-order chi connectivity index (χ0) is 16.0. The van der Waals surface area contributed by atoms with E-state index >= 15 is 0 Å². The van der Waals surface area contributed by atoms with Gasteiger partial charge in [-0.15, -0.1) is 23.7 Å². The van der Waals surface area contributed by atoms with E-state index in [0.29, 0.717) is 6.54 Å². The maximum atomic E-state index is 12.2. The van der Waals surface area contributed by atoms with Crippen LogP contribution in [0.2, 0.25) is 0 Å². The van der Waals surface area contributed by atoms with Gasteiger partial charge >= 0.3 is 6.03 Å². The van der Waals surface area contributed by atoms with Crippen LogP contribution < -0.4 is 21.7 Å². The highest BCUT2D eigenvalue weighted by Gasteiger charge is 2.27. The van der Waals surface area contributed by atoms with E-state index in [1.165, 1.54) is 11.3 Å². The second kappa shape index (κ2) is 9.10. The normalized spacial score (nSPS) is 17.6. The SMILES string of the molecule is CC1(CNC(=O)CC(NC(N)=O)c2cccs2)CCNCC1.Cl. The molecule has 1 aliphatic rings. The lowest BCUT2D eigenvalue weighted by atomic mass is 9.81. The molecule has 1 atom stereocenters. The highest BCUT2D eigenvalue weighted by atomic mass is 35.5. The number of nitrogens with two attached hydrogens (primary N) is 1. The monoisotopic (exact) mass is 360 g/mol. The van der Waals surface area contributed by atoms with E-state index in [2.05, 4.69) is 22.9 Å². The Morgan fingerprint density at radius 2 is 2.13 bits per heavy atom. The topological polar surface area (TPSA) is 96.2 Å². The molecule has 1 aliphatic heterocycles. The van der Waals surface area contributed by atoms with Crippen LogP contribution in [0.3, 0.4) is 0 Å². The molecular formula is C15H25ClN4O2S. The van der Waals surface area contributed by atoms with Crippen molar-refractivity contribution in [1.29, 1.82) is 0 Å². The van der Waals surface area contributed by atoms with Gasteiger partial charge in [0.2, 0.25) is 5.91 Å². The van der Waals surface area contributed by atoms with Gasteiger partial charge in [-0.25, -0.2) is 4.79 Å². The molecule has 130 valence electrons. The fourth-order valence-electron chi connectivity index (χ4n) is 2.66. The summed E-state index contributed by atoms with van der Waals surface area (Å²) in [6, 6.07) is 2.81. The van der Waals surface area contributed by atoms with Crippen LogP contribution in [0, 0.1) is 5.41 Å². The number of amides is 3. The van der Waals surface area contributed by atoms with Gasteiger partial charge in [0.1, 0.15) is 0 Å². The van der Waals surface area contributed by atoms with Crippen LogP contribution in [0.15, 0.2) is 17.5 Å².